The van der Waals surface area contributed by atoms with Gasteiger partial charge >= 0.3 is 0 Å². The number of hydrogen-bond donors (Lipinski definition) is 1. The standard InChI is InChI=1S/C21H23N3O2S/c1-2-26-16-9-5-3-7-13(16)11-14(12-22)19-23-20(25)18-15-8-4-6-10-17(15)27-21(18)24-19/h3,5,7,9,11,15,17-18,21H,2,4,6,8,10H2,1H3,(H,23,24,25)/b14-11+. The molecule has 0 bridgehead atoms. The van der Waals surface area contributed by atoms with Gasteiger partial charge in [-0.1, -0.05) is 31.0 Å². The van der Waals surface area contributed by atoms with Crippen LogP contribution in [0.1, 0.15) is 38.2 Å². The molecule has 2 aliphatic heterocycles. The number of rotatable bonds is 4. The largest absolute Gasteiger partial charge is 0.493 e. The van der Waals surface area contributed by atoms with Crippen molar-refractivity contribution < 1.29 is 9.53 Å². The number of fused-ring (bicyclic) bond motifs is 3. The highest BCUT2D eigenvalue weighted by atomic mass is 32.2. The summed E-state index contributed by atoms with van der Waals surface area (Å²) in [6.07, 6.45) is 6.47. The highest BCUT2D eigenvalue weighted by Gasteiger charge is 2.50. The van der Waals surface area contributed by atoms with E-state index in [1.807, 2.05) is 43.0 Å². The van der Waals surface area contributed by atoms with Crippen LogP contribution in [-0.4, -0.2) is 29.0 Å². The van der Waals surface area contributed by atoms with Crippen molar-refractivity contribution >= 4 is 29.6 Å². The lowest BCUT2D eigenvalue weighted by atomic mass is 9.79. The Labute approximate surface area is 163 Å². The highest BCUT2D eigenvalue weighted by molar-refractivity contribution is 8.00. The van der Waals surface area contributed by atoms with Crippen LogP contribution in [0.2, 0.25) is 0 Å². The van der Waals surface area contributed by atoms with Gasteiger partial charge in [-0.15, -0.1) is 11.8 Å². The number of ether oxygens (including phenoxy) is 1. The van der Waals surface area contributed by atoms with Gasteiger partial charge in [-0.3, -0.25) is 9.79 Å². The lowest BCUT2D eigenvalue weighted by Crippen LogP contribution is -2.46. The number of amidine groups is 1. The summed E-state index contributed by atoms with van der Waals surface area (Å²) in [6, 6.07) is 9.78. The fourth-order valence-electron chi connectivity index (χ4n) is 4.31. The van der Waals surface area contributed by atoms with Crippen molar-refractivity contribution in [3.05, 3.63) is 35.4 Å². The molecule has 1 aromatic rings. The Morgan fingerprint density at radius 2 is 2.22 bits per heavy atom. The minimum atomic E-state index is -0.0688. The van der Waals surface area contributed by atoms with E-state index < -0.39 is 0 Å². The molecule has 0 aromatic heterocycles. The molecule has 4 atom stereocenters. The van der Waals surface area contributed by atoms with E-state index >= 15 is 0 Å². The third-order valence-corrected chi connectivity index (χ3v) is 7.14. The lowest BCUT2D eigenvalue weighted by molar-refractivity contribution is -0.125. The number of aliphatic imine (C=N–C) groups is 1. The molecule has 2 fully saturated rings. The van der Waals surface area contributed by atoms with E-state index in [1.54, 1.807) is 6.08 Å². The molecule has 3 aliphatic rings. The highest BCUT2D eigenvalue weighted by Crippen LogP contribution is 2.51. The topological polar surface area (TPSA) is 74.5 Å². The van der Waals surface area contributed by atoms with Gasteiger partial charge in [0.05, 0.1) is 18.1 Å². The number of nitrogens with zero attached hydrogens (tertiary/aromatic N) is 2. The van der Waals surface area contributed by atoms with Gasteiger partial charge in [-0.05, 0) is 37.8 Å². The van der Waals surface area contributed by atoms with Gasteiger partial charge in [0.15, 0.2) is 0 Å². The summed E-state index contributed by atoms with van der Waals surface area (Å²) in [5.74, 6) is 1.49. The Morgan fingerprint density at radius 1 is 1.41 bits per heavy atom. The molecular weight excluding hydrogens is 358 g/mol. The van der Waals surface area contributed by atoms with E-state index in [0.29, 0.717) is 29.2 Å². The van der Waals surface area contributed by atoms with Crippen LogP contribution in [-0.2, 0) is 4.79 Å². The molecule has 0 spiro atoms. The molecule has 1 saturated heterocycles. The molecule has 4 rings (SSSR count). The van der Waals surface area contributed by atoms with Crippen LogP contribution in [0.25, 0.3) is 6.08 Å². The minimum absolute atomic E-state index is 0.0196. The molecule has 27 heavy (non-hydrogen) atoms. The van der Waals surface area contributed by atoms with Gasteiger partial charge in [0, 0.05) is 10.8 Å². The summed E-state index contributed by atoms with van der Waals surface area (Å²) in [5, 5.41) is 13.1. The summed E-state index contributed by atoms with van der Waals surface area (Å²) in [6.45, 7) is 2.47. The first-order valence-electron chi connectivity index (χ1n) is 9.59. The zero-order chi connectivity index (χ0) is 18.8. The SMILES string of the molecule is CCOc1ccccc1/C=C(\C#N)C1=NC2SC3CCCCC3C2C(=O)N1. The number of nitrogens with one attached hydrogen (secondary N) is 1. The van der Waals surface area contributed by atoms with Gasteiger partial charge in [0.1, 0.15) is 23.0 Å². The predicted molar refractivity (Wildman–Crippen MR) is 107 cm³/mol. The predicted octanol–water partition coefficient (Wildman–Crippen LogP) is 3.77. The van der Waals surface area contributed by atoms with Crippen LogP contribution in [0, 0.1) is 23.2 Å². The molecule has 6 heteroatoms. The fourth-order valence-corrected chi connectivity index (χ4v) is 6.14. The van der Waals surface area contributed by atoms with Crippen LogP contribution in [0.3, 0.4) is 0 Å². The van der Waals surface area contributed by atoms with E-state index in [-0.39, 0.29) is 17.2 Å². The molecule has 5 nitrogen and oxygen atoms in total. The van der Waals surface area contributed by atoms with Crippen molar-refractivity contribution in [2.24, 2.45) is 16.8 Å². The molecule has 1 N–H and O–H groups in total. The number of carbonyl (C=O) groups excluding carboxylic acids is 1. The first-order chi connectivity index (χ1) is 13.2. The lowest BCUT2D eigenvalue weighted by Gasteiger charge is -2.29. The third-order valence-electron chi connectivity index (χ3n) is 5.53. The second-order valence-corrected chi connectivity index (χ2v) is 8.51. The third kappa shape index (κ3) is 3.49. The first kappa shape index (κ1) is 18.1. The van der Waals surface area contributed by atoms with Gasteiger partial charge in [-0.2, -0.15) is 5.26 Å². The molecule has 140 valence electrons. The minimum Gasteiger partial charge on any atom is -0.493 e. The molecule has 1 aliphatic carbocycles. The Hall–Kier alpha value is -2.26. The second-order valence-electron chi connectivity index (χ2n) is 7.15. The second kappa shape index (κ2) is 7.77. The number of amides is 1. The van der Waals surface area contributed by atoms with Crippen molar-refractivity contribution in [3.8, 4) is 11.8 Å². The summed E-state index contributed by atoms with van der Waals surface area (Å²) in [7, 11) is 0. The fraction of sp³-hybridized carbons (Fsp3) is 0.476. The summed E-state index contributed by atoms with van der Waals surface area (Å²) < 4.78 is 5.64. The van der Waals surface area contributed by atoms with E-state index in [4.69, 9.17) is 9.73 Å². The van der Waals surface area contributed by atoms with Gasteiger partial charge in [0.25, 0.3) is 0 Å². The summed E-state index contributed by atoms with van der Waals surface area (Å²) in [4.78, 5) is 17.6. The monoisotopic (exact) mass is 381 g/mol. The number of hydrogen-bond acceptors (Lipinski definition) is 5. The smallest absolute Gasteiger partial charge is 0.232 e. The molecule has 1 aromatic carbocycles. The number of nitriles is 1. The van der Waals surface area contributed by atoms with E-state index in [9.17, 15) is 10.1 Å². The van der Waals surface area contributed by atoms with E-state index in [1.165, 1.54) is 19.3 Å². The Balaban J connectivity index is 1.64. The Morgan fingerprint density at radius 3 is 3.04 bits per heavy atom. The van der Waals surface area contributed by atoms with Crippen LogP contribution in [0.5, 0.6) is 5.75 Å². The maximum Gasteiger partial charge on any atom is 0.232 e. The molecule has 0 radical (unpaired) electrons. The van der Waals surface area contributed by atoms with Gasteiger partial charge in [0.2, 0.25) is 5.91 Å². The number of para-hydroxylation sites is 1. The Kier molecular flexibility index (Phi) is 5.22. The van der Waals surface area contributed by atoms with Crippen molar-refractivity contribution in [3.63, 3.8) is 0 Å². The summed E-state index contributed by atoms with van der Waals surface area (Å²) in [5.41, 5.74) is 1.17. The molecule has 1 saturated carbocycles. The molecule has 4 unspecified atom stereocenters. The van der Waals surface area contributed by atoms with Crippen LogP contribution >= 0.6 is 11.8 Å². The van der Waals surface area contributed by atoms with Crippen molar-refractivity contribution in [2.75, 3.05) is 6.61 Å². The normalized spacial score (nSPS) is 29.9. The van der Waals surface area contributed by atoms with Crippen LogP contribution < -0.4 is 10.1 Å². The number of carbonyl (C=O) groups is 1. The summed E-state index contributed by atoms with van der Waals surface area (Å²) >= 11 is 1.82. The number of benzene rings is 1. The number of thioether (sulfide) groups is 1. The maximum absolute atomic E-state index is 12.8. The zero-order valence-corrected chi connectivity index (χ0v) is 16.2. The van der Waals surface area contributed by atoms with Crippen LogP contribution in [0.4, 0.5) is 0 Å². The maximum atomic E-state index is 12.8. The van der Waals surface area contributed by atoms with Gasteiger partial charge < -0.3 is 10.1 Å². The molecule has 1 amide bonds. The quantitative estimate of drug-likeness (QED) is 0.806. The van der Waals surface area contributed by atoms with E-state index in [0.717, 1.165) is 17.7 Å². The average Bonchev–Trinajstić information content (AvgIpc) is 3.06. The van der Waals surface area contributed by atoms with E-state index in [2.05, 4.69) is 11.4 Å². The molecule has 2 heterocycles. The van der Waals surface area contributed by atoms with Crippen molar-refractivity contribution in [1.29, 1.82) is 5.26 Å². The Bertz CT molecular complexity index is 842. The van der Waals surface area contributed by atoms with Crippen molar-refractivity contribution in [1.82, 2.24) is 5.32 Å². The first-order valence-corrected chi connectivity index (χ1v) is 10.5. The zero-order valence-electron chi connectivity index (χ0n) is 15.4. The average molecular weight is 382 g/mol. The van der Waals surface area contributed by atoms with Gasteiger partial charge in [-0.25, -0.2) is 0 Å². The van der Waals surface area contributed by atoms with Crippen molar-refractivity contribution in [2.45, 2.75) is 43.2 Å². The molecular formula is C21H23N3O2S. The van der Waals surface area contributed by atoms with Crippen LogP contribution in [0.15, 0.2) is 34.8 Å².